The van der Waals surface area contributed by atoms with Crippen LogP contribution in [-0.4, -0.2) is 40.8 Å². The molecule has 1 spiro atoms. The minimum absolute atomic E-state index is 0.235. The Morgan fingerprint density at radius 1 is 1.14 bits per heavy atom. The van der Waals surface area contributed by atoms with Crippen LogP contribution < -0.4 is 9.47 Å². The fourth-order valence-electron chi connectivity index (χ4n) is 6.54. The number of hydrogen-bond donors (Lipinski definition) is 1. The topological polar surface area (TPSA) is 41.9 Å². The van der Waals surface area contributed by atoms with Crippen LogP contribution in [0.3, 0.4) is 0 Å². The lowest BCUT2D eigenvalue weighted by molar-refractivity contribution is -0.154. The molecule has 2 aromatic rings. The lowest BCUT2D eigenvalue weighted by atomic mass is 9.47. The molecular weight excluding hydrogens is 362 g/mol. The second-order valence-corrected chi connectivity index (χ2v) is 9.48. The second kappa shape index (κ2) is 5.44. The molecule has 4 nitrogen and oxygen atoms in total. The third kappa shape index (κ3) is 1.97. The van der Waals surface area contributed by atoms with E-state index in [0.717, 1.165) is 36.6 Å². The predicted molar refractivity (Wildman–Crippen MR) is 112 cm³/mol. The van der Waals surface area contributed by atoms with Gasteiger partial charge < -0.3 is 19.5 Å². The number of para-hydroxylation sites is 1. The average molecular weight is 389 g/mol. The number of ether oxygens (including phenoxy) is 2. The van der Waals surface area contributed by atoms with Crippen LogP contribution in [0.4, 0.5) is 0 Å². The molecule has 0 radical (unpaired) electrons. The van der Waals surface area contributed by atoms with Crippen molar-refractivity contribution in [2.45, 2.75) is 49.3 Å². The summed E-state index contributed by atoms with van der Waals surface area (Å²) >= 11 is 0. The smallest absolute Gasteiger partial charge is 0.169 e. The Balaban J connectivity index is 1.60. The summed E-state index contributed by atoms with van der Waals surface area (Å²) in [5.41, 5.74) is 0.589. The van der Waals surface area contributed by atoms with Crippen molar-refractivity contribution in [3.8, 4) is 17.2 Å². The van der Waals surface area contributed by atoms with E-state index in [1.54, 1.807) is 0 Å². The van der Waals surface area contributed by atoms with E-state index in [-0.39, 0.29) is 5.41 Å². The van der Waals surface area contributed by atoms with Gasteiger partial charge in [0.15, 0.2) is 11.5 Å². The highest BCUT2D eigenvalue weighted by molar-refractivity contribution is 5.65. The van der Waals surface area contributed by atoms with Crippen molar-refractivity contribution < 1.29 is 14.6 Å². The minimum Gasteiger partial charge on any atom is -0.479 e. The van der Waals surface area contributed by atoms with Gasteiger partial charge >= 0.3 is 0 Å². The van der Waals surface area contributed by atoms with Crippen molar-refractivity contribution in [1.82, 2.24) is 4.90 Å². The highest BCUT2D eigenvalue weighted by Crippen LogP contribution is 2.68. The van der Waals surface area contributed by atoms with Crippen molar-refractivity contribution in [2.75, 3.05) is 13.6 Å². The maximum Gasteiger partial charge on any atom is 0.169 e. The van der Waals surface area contributed by atoms with Crippen LogP contribution in [0.25, 0.3) is 0 Å². The first-order chi connectivity index (χ1) is 13.9. The number of nitrogens with zero attached hydrogens (tertiary/aromatic N) is 1. The van der Waals surface area contributed by atoms with Gasteiger partial charge in [0.05, 0.1) is 5.41 Å². The van der Waals surface area contributed by atoms with Gasteiger partial charge in [0, 0.05) is 17.5 Å². The van der Waals surface area contributed by atoms with Crippen molar-refractivity contribution in [3.05, 3.63) is 65.7 Å². The molecule has 0 saturated carbocycles. The summed E-state index contributed by atoms with van der Waals surface area (Å²) in [7, 11) is 2.23. The van der Waals surface area contributed by atoms with Gasteiger partial charge in [-0.25, -0.2) is 0 Å². The van der Waals surface area contributed by atoms with Gasteiger partial charge in [-0.1, -0.05) is 36.4 Å². The third-order valence-corrected chi connectivity index (χ3v) is 8.21. The molecule has 5 atom stereocenters. The normalized spacial score (nSPS) is 39.0. The Kier molecular flexibility index (Phi) is 3.29. The van der Waals surface area contributed by atoms with Gasteiger partial charge in [-0.3, -0.25) is 0 Å². The zero-order valence-electron chi connectivity index (χ0n) is 17.2. The number of likely N-dealkylation sites (tertiary alicyclic amines) is 1. The summed E-state index contributed by atoms with van der Waals surface area (Å²) in [5, 5.41) is 11.5. The van der Waals surface area contributed by atoms with Crippen LogP contribution in [0.5, 0.6) is 17.2 Å². The third-order valence-electron chi connectivity index (χ3n) is 8.21. The van der Waals surface area contributed by atoms with Crippen LogP contribution in [0.2, 0.25) is 0 Å². The van der Waals surface area contributed by atoms with E-state index in [1.165, 1.54) is 11.1 Å². The molecule has 2 aromatic carbocycles. The van der Waals surface area contributed by atoms with Gasteiger partial charge in [0.1, 0.15) is 17.0 Å². The summed E-state index contributed by atoms with van der Waals surface area (Å²) in [5.74, 6) is 2.69. The molecule has 1 saturated heterocycles. The Bertz CT molecular complexity index is 1030. The Morgan fingerprint density at radius 2 is 1.93 bits per heavy atom. The molecule has 29 heavy (non-hydrogen) atoms. The maximum absolute atomic E-state index is 11.5. The van der Waals surface area contributed by atoms with Crippen LogP contribution >= 0.6 is 0 Å². The molecule has 4 heteroatoms. The van der Waals surface area contributed by atoms with Gasteiger partial charge in [0.25, 0.3) is 0 Å². The Hall–Kier alpha value is -2.30. The molecule has 2 aliphatic carbocycles. The molecule has 2 heterocycles. The molecule has 1 N–H and O–H groups in total. The summed E-state index contributed by atoms with van der Waals surface area (Å²) in [4.78, 5) is 2.48. The predicted octanol–water partition coefficient (Wildman–Crippen LogP) is 4.07. The molecule has 2 aliphatic heterocycles. The first-order valence-electron chi connectivity index (χ1n) is 10.6. The van der Waals surface area contributed by atoms with E-state index in [9.17, 15) is 5.11 Å². The lowest BCUT2D eigenvalue weighted by Gasteiger charge is -2.62. The first kappa shape index (κ1) is 17.5. The van der Waals surface area contributed by atoms with E-state index in [0.29, 0.717) is 12.0 Å². The zero-order chi connectivity index (χ0) is 20.0. The summed E-state index contributed by atoms with van der Waals surface area (Å²) in [6, 6.07) is 14.5. The van der Waals surface area contributed by atoms with Gasteiger partial charge in [-0.2, -0.15) is 0 Å². The lowest BCUT2D eigenvalue weighted by Crippen LogP contribution is -2.73. The molecule has 0 unspecified atom stereocenters. The number of hydrogen-bond acceptors (Lipinski definition) is 4. The van der Waals surface area contributed by atoms with Crippen LogP contribution in [-0.2, 0) is 11.8 Å². The van der Waals surface area contributed by atoms with Crippen LogP contribution in [0.15, 0.2) is 54.6 Å². The highest BCUT2D eigenvalue weighted by Gasteiger charge is 2.73. The fraction of sp³-hybridized carbons (Fsp3) is 0.440. The summed E-state index contributed by atoms with van der Waals surface area (Å²) in [6.45, 7) is 5.00. The second-order valence-electron chi connectivity index (χ2n) is 9.48. The molecule has 0 aromatic heterocycles. The van der Waals surface area contributed by atoms with Crippen molar-refractivity contribution in [2.24, 2.45) is 5.92 Å². The number of rotatable bonds is 2. The van der Waals surface area contributed by atoms with E-state index >= 15 is 0 Å². The first-order valence-corrected chi connectivity index (χ1v) is 10.6. The van der Waals surface area contributed by atoms with E-state index in [4.69, 9.17) is 9.47 Å². The quantitative estimate of drug-likeness (QED) is 0.787. The van der Waals surface area contributed by atoms with Crippen LogP contribution in [0, 0.1) is 5.92 Å². The number of aliphatic hydroxyl groups is 1. The molecule has 0 amide bonds. The minimum atomic E-state index is -1.05. The zero-order valence-corrected chi connectivity index (χ0v) is 17.2. The molecule has 4 aliphatic rings. The Morgan fingerprint density at radius 3 is 2.72 bits per heavy atom. The SMILES string of the molecule is CN1CC[C@]23c4c5ccc(Oc6ccccc6)c4O[C@@]2(C)[C@@](C)(O)C=C[C@H]3[C@H]1C5. The molecule has 6 rings (SSSR count). The molecule has 150 valence electrons. The van der Waals surface area contributed by atoms with E-state index in [1.807, 2.05) is 49.4 Å². The molecule has 1 fully saturated rings. The van der Waals surface area contributed by atoms with Crippen molar-refractivity contribution in [1.29, 1.82) is 0 Å². The van der Waals surface area contributed by atoms with Crippen molar-refractivity contribution in [3.63, 3.8) is 0 Å². The van der Waals surface area contributed by atoms with Gasteiger partial charge in [0.2, 0.25) is 0 Å². The Labute approximate surface area is 171 Å². The highest BCUT2D eigenvalue weighted by atomic mass is 16.6. The number of benzene rings is 2. The standard InChI is InChI=1S/C25H27NO3/c1-23(27)12-11-18-19-15-16-9-10-20(28-17-7-5-4-6-8-17)22-21(16)25(18,13-14-26(19)3)24(23,2)29-22/h4-12,18-19,27H,13-15H2,1-3H3/t18-,19+,23-,24-,25-/m0/s1. The summed E-state index contributed by atoms with van der Waals surface area (Å²) < 4.78 is 13.0. The summed E-state index contributed by atoms with van der Waals surface area (Å²) in [6.07, 6.45) is 6.20. The fourth-order valence-corrected chi connectivity index (χ4v) is 6.54. The number of likely N-dealkylation sites (N-methyl/N-ethyl adjacent to an activating group) is 1. The molecular formula is C25H27NO3. The number of piperidine rings is 1. The van der Waals surface area contributed by atoms with Crippen molar-refractivity contribution >= 4 is 0 Å². The average Bonchev–Trinajstić information content (AvgIpc) is 2.99. The largest absolute Gasteiger partial charge is 0.479 e. The van der Waals surface area contributed by atoms with Gasteiger partial charge in [-0.05, 0) is 64.0 Å². The van der Waals surface area contributed by atoms with E-state index in [2.05, 4.69) is 31.0 Å². The monoisotopic (exact) mass is 389 g/mol. The molecule has 2 bridgehead atoms. The van der Waals surface area contributed by atoms with Gasteiger partial charge in [-0.15, -0.1) is 0 Å². The van der Waals surface area contributed by atoms with E-state index < -0.39 is 11.2 Å². The maximum atomic E-state index is 11.5. The van der Waals surface area contributed by atoms with Crippen LogP contribution in [0.1, 0.15) is 31.4 Å².